The van der Waals surface area contributed by atoms with Crippen LogP contribution >= 0.6 is 0 Å². The average molecular weight is 582 g/mol. The van der Waals surface area contributed by atoms with Crippen molar-refractivity contribution < 1.29 is 31.9 Å². The van der Waals surface area contributed by atoms with Crippen molar-refractivity contribution in [1.29, 1.82) is 0 Å². The van der Waals surface area contributed by atoms with Gasteiger partial charge in [-0.05, 0) is 52.9 Å². The summed E-state index contributed by atoms with van der Waals surface area (Å²) in [6.07, 6.45) is -2.58. The number of fused-ring (bicyclic) bond motifs is 2. The molecule has 0 aliphatic heterocycles. The molecule has 5 aromatic rings. The van der Waals surface area contributed by atoms with Gasteiger partial charge < -0.3 is 15.4 Å². The molecule has 2 aromatic carbocycles. The molecule has 0 radical (unpaired) electrons. The van der Waals surface area contributed by atoms with Gasteiger partial charge in [0, 0.05) is 18.2 Å². The molecule has 1 aliphatic rings. The minimum atomic E-state index is -5.09. The van der Waals surface area contributed by atoms with Crippen LogP contribution in [0.1, 0.15) is 50.1 Å². The number of tetrazole rings is 1. The van der Waals surface area contributed by atoms with Crippen molar-refractivity contribution in [3.8, 4) is 17.1 Å². The third kappa shape index (κ3) is 5.43. The second-order valence-electron chi connectivity index (χ2n) is 9.21. The van der Waals surface area contributed by atoms with Crippen LogP contribution in [0.2, 0.25) is 0 Å². The summed E-state index contributed by atoms with van der Waals surface area (Å²) in [5.41, 5.74) is 2.66. The van der Waals surface area contributed by atoms with Crippen LogP contribution in [0.15, 0.2) is 48.8 Å². The molecule has 1 atom stereocenters. The number of halogens is 4. The molecule has 17 heteroatoms. The molecule has 214 valence electrons. The van der Waals surface area contributed by atoms with Crippen LogP contribution < -0.4 is 15.4 Å². The van der Waals surface area contributed by atoms with Gasteiger partial charge in [0.05, 0.1) is 6.04 Å². The van der Waals surface area contributed by atoms with Crippen molar-refractivity contribution >= 4 is 17.6 Å². The number of H-pyrrole nitrogens is 1. The number of nitrogens with zero attached hydrogens (tertiary/aromatic N) is 7. The molecule has 0 saturated heterocycles. The zero-order chi connectivity index (χ0) is 29.4. The molecule has 3 N–H and O–H groups in total. The van der Waals surface area contributed by atoms with Crippen molar-refractivity contribution in [2.45, 2.75) is 31.8 Å². The molecule has 42 heavy (non-hydrogen) atoms. The second kappa shape index (κ2) is 10.5. The fraction of sp³-hybridized carbons (Fsp3) is 0.200. The summed E-state index contributed by atoms with van der Waals surface area (Å²) >= 11 is 0. The number of aromatic nitrogens is 8. The van der Waals surface area contributed by atoms with Gasteiger partial charge in [0.15, 0.2) is 11.6 Å². The third-order valence-corrected chi connectivity index (χ3v) is 6.52. The number of aromatic amines is 1. The van der Waals surface area contributed by atoms with E-state index in [0.717, 1.165) is 28.8 Å². The zero-order valence-electron chi connectivity index (χ0n) is 21.2. The maximum atomic E-state index is 13.7. The van der Waals surface area contributed by atoms with E-state index in [-0.39, 0.29) is 35.3 Å². The van der Waals surface area contributed by atoms with E-state index in [2.05, 4.69) is 51.1 Å². The second-order valence-corrected chi connectivity index (χ2v) is 9.21. The molecule has 3 aromatic heterocycles. The van der Waals surface area contributed by atoms with Crippen LogP contribution in [0.4, 0.5) is 17.6 Å². The smallest absolute Gasteiger partial charge is 0.403 e. The molecule has 13 nitrogen and oxygen atoms in total. The topological polar surface area (TPSA) is 165 Å². The van der Waals surface area contributed by atoms with Gasteiger partial charge in [-0.2, -0.15) is 19.8 Å². The Kier molecular flexibility index (Phi) is 6.68. The monoisotopic (exact) mass is 582 g/mol. The molecule has 0 bridgehead atoms. The van der Waals surface area contributed by atoms with Gasteiger partial charge >= 0.3 is 6.36 Å². The standard InChI is InChI=1S/C25H18F4N10O3/c26-16-5-1-12(7-20(16)42-25(27,28)29)10-30-22(40)18-9-19(39-24(34-18)31-11-32-39)23(41)33-17-6-3-13-8-14(2-4-15(13)17)21-35-37-38-36-21/h1-2,4-5,7-9,11,17H,3,6,10H2,(H,30,40)(H,33,41)(H,35,36,37,38)/t17-/m0/s1. The molecule has 0 fully saturated rings. The number of ether oxygens (including phenoxy) is 1. The zero-order valence-corrected chi connectivity index (χ0v) is 21.2. The largest absolute Gasteiger partial charge is 0.573 e. The lowest BCUT2D eigenvalue weighted by Gasteiger charge is -2.15. The fourth-order valence-corrected chi connectivity index (χ4v) is 4.65. The molecule has 3 heterocycles. The first-order valence-corrected chi connectivity index (χ1v) is 12.4. The average Bonchev–Trinajstić information content (AvgIpc) is 3.73. The summed E-state index contributed by atoms with van der Waals surface area (Å²) in [5.74, 6) is -3.10. The first-order valence-electron chi connectivity index (χ1n) is 12.4. The lowest BCUT2D eigenvalue weighted by molar-refractivity contribution is -0.275. The Labute approximate surface area is 232 Å². The summed E-state index contributed by atoms with van der Waals surface area (Å²) < 4.78 is 56.2. The van der Waals surface area contributed by atoms with Crippen LogP contribution in [-0.4, -0.2) is 58.4 Å². The quantitative estimate of drug-likeness (QED) is 0.245. The molecule has 0 saturated carbocycles. The van der Waals surface area contributed by atoms with Crippen molar-refractivity contribution in [3.05, 3.63) is 82.7 Å². The van der Waals surface area contributed by atoms with Crippen LogP contribution in [0.3, 0.4) is 0 Å². The number of carbonyl (C=O) groups is 2. The molecule has 0 unspecified atom stereocenters. The highest BCUT2D eigenvalue weighted by Crippen LogP contribution is 2.34. The van der Waals surface area contributed by atoms with E-state index in [1.165, 1.54) is 23.0 Å². The SMILES string of the molecule is O=C(NCc1ccc(F)c(OC(F)(F)F)c1)c1cc(C(=O)N[C@H]2CCc3cc(-c4nn[nH]n4)ccc32)n2ncnc2n1. The summed E-state index contributed by atoms with van der Waals surface area (Å²) in [4.78, 5) is 34.4. The van der Waals surface area contributed by atoms with Crippen LogP contribution in [-0.2, 0) is 13.0 Å². The number of rotatable bonds is 7. The van der Waals surface area contributed by atoms with E-state index in [0.29, 0.717) is 18.7 Å². The van der Waals surface area contributed by atoms with Crippen molar-refractivity contribution in [3.63, 3.8) is 0 Å². The molecule has 2 amide bonds. The van der Waals surface area contributed by atoms with E-state index < -0.39 is 29.7 Å². The number of alkyl halides is 3. The summed E-state index contributed by atoms with van der Waals surface area (Å²) in [5, 5.41) is 23.4. The Bertz CT molecular complexity index is 1810. The number of carbonyl (C=O) groups excluding carboxylic acids is 2. The fourth-order valence-electron chi connectivity index (χ4n) is 4.65. The molecular weight excluding hydrogens is 564 g/mol. The Morgan fingerprint density at radius 3 is 2.76 bits per heavy atom. The Balaban J connectivity index is 1.19. The molecule has 1 aliphatic carbocycles. The minimum absolute atomic E-state index is 0.0119. The molecular formula is C25H18F4N10O3. The first kappa shape index (κ1) is 26.7. The summed E-state index contributed by atoms with van der Waals surface area (Å²) in [7, 11) is 0. The van der Waals surface area contributed by atoms with E-state index in [4.69, 9.17) is 0 Å². The van der Waals surface area contributed by atoms with Gasteiger partial charge in [-0.25, -0.2) is 9.37 Å². The highest BCUT2D eigenvalue weighted by molar-refractivity contribution is 5.98. The number of hydrogen-bond acceptors (Lipinski definition) is 9. The van der Waals surface area contributed by atoms with Crippen LogP contribution in [0, 0.1) is 5.82 Å². The van der Waals surface area contributed by atoms with Crippen molar-refractivity contribution in [2.24, 2.45) is 0 Å². The predicted molar refractivity (Wildman–Crippen MR) is 133 cm³/mol. The Morgan fingerprint density at radius 2 is 1.98 bits per heavy atom. The van der Waals surface area contributed by atoms with Crippen molar-refractivity contribution in [1.82, 2.24) is 50.8 Å². The first-order chi connectivity index (χ1) is 20.1. The van der Waals surface area contributed by atoms with Crippen LogP contribution in [0.5, 0.6) is 5.75 Å². The van der Waals surface area contributed by atoms with Gasteiger partial charge in [-0.1, -0.05) is 18.2 Å². The number of nitrogens with one attached hydrogen (secondary N) is 3. The van der Waals surface area contributed by atoms with E-state index in [1.54, 1.807) is 0 Å². The summed E-state index contributed by atoms with van der Waals surface area (Å²) in [6, 6.07) is 9.37. The highest BCUT2D eigenvalue weighted by atomic mass is 19.4. The minimum Gasteiger partial charge on any atom is -0.403 e. The molecule has 6 rings (SSSR count). The maximum Gasteiger partial charge on any atom is 0.573 e. The predicted octanol–water partition coefficient (Wildman–Crippen LogP) is 2.69. The van der Waals surface area contributed by atoms with Gasteiger partial charge in [-0.3, -0.25) is 9.59 Å². The maximum absolute atomic E-state index is 13.7. The number of amides is 2. The lowest BCUT2D eigenvalue weighted by Crippen LogP contribution is -2.30. The van der Waals surface area contributed by atoms with Gasteiger partial charge in [-0.15, -0.1) is 23.4 Å². The lowest BCUT2D eigenvalue weighted by atomic mass is 10.0. The normalized spacial score (nSPS) is 14.5. The van der Waals surface area contributed by atoms with Gasteiger partial charge in [0.25, 0.3) is 17.6 Å². The Morgan fingerprint density at radius 1 is 1.12 bits per heavy atom. The highest BCUT2D eigenvalue weighted by Gasteiger charge is 2.32. The third-order valence-electron chi connectivity index (χ3n) is 6.52. The van der Waals surface area contributed by atoms with Crippen LogP contribution in [0.25, 0.3) is 17.2 Å². The summed E-state index contributed by atoms with van der Waals surface area (Å²) in [6.45, 7) is -0.279. The van der Waals surface area contributed by atoms with E-state index in [1.807, 2.05) is 18.2 Å². The van der Waals surface area contributed by atoms with Crippen molar-refractivity contribution in [2.75, 3.05) is 0 Å². The number of aryl methyl sites for hydroxylation is 1. The Hall–Kier alpha value is -5.48. The molecule has 0 spiro atoms. The van der Waals surface area contributed by atoms with E-state index >= 15 is 0 Å². The van der Waals surface area contributed by atoms with E-state index in [9.17, 15) is 27.2 Å². The number of hydrogen-bond donors (Lipinski definition) is 3. The van der Waals surface area contributed by atoms with Gasteiger partial charge in [0.2, 0.25) is 5.82 Å². The number of benzene rings is 2. The van der Waals surface area contributed by atoms with Gasteiger partial charge in [0.1, 0.15) is 17.7 Å².